The number of fused-ring (bicyclic) bond motifs is 2. The third-order valence-electron chi connectivity index (χ3n) is 5.74. The fourth-order valence-corrected chi connectivity index (χ4v) is 4.51. The van der Waals surface area contributed by atoms with Gasteiger partial charge in [-0.15, -0.1) is 0 Å². The number of amides is 1. The molecule has 1 atom stereocenters. The van der Waals surface area contributed by atoms with Crippen molar-refractivity contribution in [3.63, 3.8) is 0 Å². The summed E-state index contributed by atoms with van der Waals surface area (Å²) in [5.74, 6) is 0.987. The molecule has 0 N–H and O–H groups in total. The smallest absolute Gasteiger partial charge is 0.295 e. The van der Waals surface area contributed by atoms with Gasteiger partial charge in [0.2, 0.25) is 5.76 Å². The van der Waals surface area contributed by atoms with Crippen LogP contribution in [0.1, 0.15) is 41.6 Å². The molecule has 1 aliphatic heterocycles. The molecule has 7 heteroatoms. The molecule has 0 bridgehead atoms. The number of benzene rings is 3. The molecule has 0 saturated carbocycles. The van der Waals surface area contributed by atoms with Gasteiger partial charge in [0.25, 0.3) is 5.91 Å². The first kappa shape index (κ1) is 22.0. The van der Waals surface area contributed by atoms with Crippen LogP contribution in [0.4, 0.5) is 5.69 Å². The van der Waals surface area contributed by atoms with E-state index in [0.717, 1.165) is 5.56 Å². The molecule has 0 fully saturated rings. The van der Waals surface area contributed by atoms with Crippen LogP contribution in [0.5, 0.6) is 11.5 Å². The van der Waals surface area contributed by atoms with Crippen molar-refractivity contribution in [2.75, 3.05) is 18.1 Å². The molecule has 0 spiro atoms. The Bertz CT molecular complexity index is 1440. The van der Waals surface area contributed by atoms with Crippen molar-refractivity contribution in [2.24, 2.45) is 0 Å². The fourth-order valence-electron chi connectivity index (χ4n) is 4.34. The summed E-state index contributed by atoms with van der Waals surface area (Å²) in [6, 6.07) is 18.7. The van der Waals surface area contributed by atoms with Crippen LogP contribution >= 0.6 is 11.6 Å². The number of carbonyl (C=O) groups excluding carboxylic acids is 1. The highest BCUT2D eigenvalue weighted by Gasteiger charge is 2.43. The van der Waals surface area contributed by atoms with Gasteiger partial charge >= 0.3 is 0 Å². The van der Waals surface area contributed by atoms with Crippen LogP contribution in [0.3, 0.4) is 0 Å². The Hall–Kier alpha value is -3.77. The summed E-state index contributed by atoms with van der Waals surface area (Å²) in [5, 5.41) is 0.751. The first-order valence-electron chi connectivity index (χ1n) is 11.1. The van der Waals surface area contributed by atoms with Crippen LogP contribution < -0.4 is 19.8 Å². The minimum atomic E-state index is -0.694. The maximum absolute atomic E-state index is 13.7. The van der Waals surface area contributed by atoms with E-state index in [0.29, 0.717) is 46.4 Å². The third-order valence-corrected chi connectivity index (χ3v) is 5.98. The zero-order valence-electron chi connectivity index (χ0n) is 18.7. The zero-order chi connectivity index (χ0) is 23.8. The monoisotopic (exact) mass is 475 g/mol. The Labute approximate surface area is 201 Å². The van der Waals surface area contributed by atoms with Crippen molar-refractivity contribution in [1.82, 2.24) is 0 Å². The highest BCUT2D eigenvalue weighted by molar-refractivity contribution is 6.31. The predicted molar refractivity (Wildman–Crippen MR) is 131 cm³/mol. The van der Waals surface area contributed by atoms with Gasteiger partial charge in [-0.25, -0.2) is 0 Å². The van der Waals surface area contributed by atoms with Crippen LogP contribution in [0.25, 0.3) is 11.0 Å². The van der Waals surface area contributed by atoms with E-state index in [4.69, 9.17) is 25.5 Å². The zero-order valence-corrected chi connectivity index (χ0v) is 19.5. The summed E-state index contributed by atoms with van der Waals surface area (Å²) in [5.41, 5.74) is 1.67. The summed E-state index contributed by atoms with van der Waals surface area (Å²) in [6.07, 6.45) is 0. The molecule has 5 rings (SSSR count). The molecule has 6 nitrogen and oxygen atoms in total. The number of anilines is 1. The Morgan fingerprint density at radius 3 is 2.38 bits per heavy atom. The van der Waals surface area contributed by atoms with Crippen LogP contribution in [0, 0.1) is 0 Å². The lowest BCUT2D eigenvalue weighted by Gasteiger charge is -2.25. The van der Waals surface area contributed by atoms with E-state index < -0.39 is 6.04 Å². The van der Waals surface area contributed by atoms with Gasteiger partial charge in [-0.2, -0.15) is 0 Å². The normalized spacial score (nSPS) is 15.0. The molecule has 1 amide bonds. The van der Waals surface area contributed by atoms with Gasteiger partial charge in [-0.3, -0.25) is 14.5 Å². The molecule has 1 aromatic heterocycles. The lowest BCUT2D eigenvalue weighted by atomic mass is 9.98. The summed E-state index contributed by atoms with van der Waals surface area (Å²) >= 11 is 6.16. The molecule has 4 aromatic rings. The summed E-state index contributed by atoms with van der Waals surface area (Å²) in [6.45, 7) is 4.84. The Morgan fingerprint density at radius 2 is 1.65 bits per heavy atom. The van der Waals surface area contributed by atoms with Crippen molar-refractivity contribution in [1.29, 1.82) is 0 Å². The van der Waals surface area contributed by atoms with Crippen LogP contribution in [-0.4, -0.2) is 19.1 Å². The largest absolute Gasteiger partial charge is 0.494 e. The summed E-state index contributed by atoms with van der Waals surface area (Å²) in [7, 11) is 0. The second kappa shape index (κ2) is 8.88. The molecular weight excluding hydrogens is 454 g/mol. The second-order valence-electron chi connectivity index (χ2n) is 7.82. The molecule has 0 saturated heterocycles. The fraction of sp³-hybridized carbons (Fsp3) is 0.185. The van der Waals surface area contributed by atoms with E-state index in [1.165, 1.54) is 0 Å². The molecule has 34 heavy (non-hydrogen) atoms. The molecule has 3 aromatic carbocycles. The molecule has 1 aliphatic rings. The maximum atomic E-state index is 13.7. The minimum absolute atomic E-state index is 0.0283. The molecule has 0 radical (unpaired) electrons. The number of ether oxygens (including phenoxy) is 2. The first-order valence-corrected chi connectivity index (χ1v) is 11.4. The number of nitrogens with zero attached hydrogens (tertiary/aromatic N) is 1. The predicted octanol–water partition coefficient (Wildman–Crippen LogP) is 5.99. The molecule has 2 heterocycles. The molecule has 172 valence electrons. The average Bonchev–Trinajstić information content (AvgIpc) is 3.13. The van der Waals surface area contributed by atoms with Crippen molar-refractivity contribution >= 4 is 34.2 Å². The highest BCUT2D eigenvalue weighted by atomic mass is 35.5. The number of hydrogen-bond donors (Lipinski definition) is 0. The SMILES string of the molecule is CCOc1ccc(N2C(=O)c3oc4ccc(Cl)cc4c(=O)c3C2c2cccc(OCC)c2)cc1. The van der Waals surface area contributed by atoms with E-state index in [9.17, 15) is 9.59 Å². The molecule has 0 aliphatic carbocycles. The summed E-state index contributed by atoms with van der Waals surface area (Å²) in [4.78, 5) is 28.9. The number of hydrogen-bond acceptors (Lipinski definition) is 5. The van der Waals surface area contributed by atoms with E-state index >= 15 is 0 Å². The van der Waals surface area contributed by atoms with E-state index in [2.05, 4.69) is 0 Å². The van der Waals surface area contributed by atoms with E-state index in [1.54, 1.807) is 47.4 Å². The Morgan fingerprint density at radius 1 is 0.912 bits per heavy atom. The summed E-state index contributed by atoms with van der Waals surface area (Å²) < 4.78 is 17.2. The number of rotatable bonds is 6. The van der Waals surface area contributed by atoms with Gasteiger partial charge in [0, 0.05) is 10.7 Å². The maximum Gasteiger partial charge on any atom is 0.295 e. The van der Waals surface area contributed by atoms with Gasteiger partial charge in [-0.1, -0.05) is 23.7 Å². The number of halogens is 1. The van der Waals surface area contributed by atoms with Crippen molar-refractivity contribution in [2.45, 2.75) is 19.9 Å². The van der Waals surface area contributed by atoms with Crippen molar-refractivity contribution in [3.05, 3.63) is 98.9 Å². The van der Waals surface area contributed by atoms with E-state index in [-0.39, 0.29) is 22.7 Å². The first-order chi connectivity index (χ1) is 16.5. The quantitative estimate of drug-likeness (QED) is 0.342. The number of carbonyl (C=O) groups is 1. The van der Waals surface area contributed by atoms with Gasteiger partial charge < -0.3 is 13.9 Å². The van der Waals surface area contributed by atoms with Gasteiger partial charge in [0.15, 0.2) is 5.43 Å². The van der Waals surface area contributed by atoms with Crippen LogP contribution in [0.2, 0.25) is 5.02 Å². The van der Waals surface area contributed by atoms with Gasteiger partial charge in [0.1, 0.15) is 17.1 Å². The minimum Gasteiger partial charge on any atom is -0.494 e. The van der Waals surface area contributed by atoms with Crippen molar-refractivity contribution in [3.8, 4) is 11.5 Å². The highest BCUT2D eigenvalue weighted by Crippen LogP contribution is 2.42. The molecular formula is C27H22ClNO5. The van der Waals surface area contributed by atoms with Gasteiger partial charge in [0.05, 0.1) is 30.2 Å². The van der Waals surface area contributed by atoms with Gasteiger partial charge in [-0.05, 0) is 74.0 Å². The Kier molecular flexibility index (Phi) is 5.75. The van der Waals surface area contributed by atoms with Crippen LogP contribution in [0.15, 0.2) is 75.9 Å². The lowest BCUT2D eigenvalue weighted by molar-refractivity contribution is 0.0971. The van der Waals surface area contributed by atoms with Crippen LogP contribution in [-0.2, 0) is 0 Å². The standard InChI is InChI=1S/C27H22ClNO5/c1-3-32-19-11-9-18(10-12-19)29-24(16-6-5-7-20(14-16)33-4-2)23-25(30)21-15-17(28)8-13-22(21)34-26(23)27(29)31/h5-15,24H,3-4H2,1-2H3. The molecule has 1 unspecified atom stereocenters. The van der Waals surface area contributed by atoms with E-state index in [1.807, 2.05) is 38.1 Å². The lowest BCUT2D eigenvalue weighted by Crippen LogP contribution is -2.29. The average molecular weight is 476 g/mol. The third kappa shape index (κ3) is 3.70. The topological polar surface area (TPSA) is 69.0 Å². The van der Waals surface area contributed by atoms with Crippen molar-refractivity contribution < 1.29 is 18.7 Å². The second-order valence-corrected chi connectivity index (χ2v) is 8.26. The Balaban J connectivity index is 1.74.